The highest BCUT2D eigenvalue weighted by molar-refractivity contribution is 6.30. The molecule has 0 saturated heterocycles. The van der Waals surface area contributed by atoms with Crippen LogP contribution in [0, 0.1) is 5.92 Å². The second-order valence-electron chi connectivity index (χ2n) is 6.83. The first-order valence-electron chi connectivity index (χ1n) is 9.53. The molecule has 0 unspecified atom stereocenters. The predicted molar refractivity (Wildman–Crippen MR) is 107 cm³/mol. The summed E-state index contributed by atoms with van der Waals surface area (Å²) >= 11 is 5.95. The maximum absolute atomic E-state index is 12.6. The van der Waals surface area contributed by atoms with Gasteiger partial charge in [0, 0.05) is 5.02 Å². The fourth-order valence-electron chi connectivity index (χ4n) is 3.38. The first kappa shape index (κ1) is 20.9. The zero-order chi connectivity index (χ0) is 20.8. The largest absolute Gasteiger partial charge is 0.463 e. The molecule has 7 nitrogen and oxygen atoms in total. The lowest BCUT2D eigenvalue weighted by Crippen LogP contribution is -2.47. The summed E-state index contributed by atoms with van der Waals surface area (Å²) in [4.78, 5) is 37.0. The van der Waals surface area contributed by atoms with Crippen LogP contribution in [0.25, 0.3) is 0 Å². The fraction of sp³-hybridized carbons (Fsp3) is 0.381. The monoisotopic (exact) mass is 418 g/mol. The number of benzene rings is 1. The summed E-state index contributed by atoms with van der Waals surface area (Å²) in [6, 6.07) is 5.53. The molecule has 2 aliphatic rings. The van der Waals surface area contributed by atoms with Crippen molar-refractivity contribution < 1.29 is 23.9 Å². The summed E-state index contributed by atoms with van der Waals surface area (Å²) < 4.78 is 10.5. The molecular formula is C21H23ClN2O5. The Morgan fingerprint density at radius 3 is 2.62 bits per heavy atom. The van der Waals surface area contributed by atoms with E-state index in [0.717, 1.165) is 12.8 Å². The van der Waals surface area contributed by atoms with E-state index in [9.17, 15) is 14.4 Å². The lowest BCUT2D eigenvalue weighted by Gasteiger charge is -2.29. The molecule has 0 bridgehead atoms. The normalized spacial score (nSPS) is 20.8. The molecule has 2 N–H and O–H groups in total. The van der Waals surface area contributed by atoms with E-state index in [0.29, 0.717) is 10.6 Å². The molecule has 1 aromatic rings. The molecule has 3 rings (SSSR count). The smallest absolute Gasteiger partial charge is 0.338 e. The number of nitrogens with one attached hydrogen (secondary N) is 2. The Morgan fingerprint density at radius 1 is 1.21 bits per heavy atom. The van der Waals surface area contributed by atoms with Crippen LogP contribution >= 0.6 is 11.6 Å². The minimum Gasteiger partial charge on any atom is -0.463 e. The van der Waals surface area contributed by atoms with Crippen molar-refractivity contribution in [2.24, 2.45) is 5.92 Å². The SMILES string of the molecule is CCOC(=O)C1=C(COC(=O)C[C@H]2C=CCC2)NC(=O)N[C@H]1c1ccc(Cl)cc1. The van der Waals surface area contributed by atoms with Crippen LogP contribution < -0.4 is 10.6 Å². The van der Waals surface area contributed by atoms with Gasteiger partial charge in [0.15, 0.2) is 0 Å². The Morgan fingerprint density at radius 2 is 1.97 bits per heavy atom. The van der Waals surface area contributed by atoms with Gasteiger partial charge in [0.2, 0.25) is 0 Å². The van der Waals surface area contributed by atoms with E-state index in [1.807, 2.05) is 12.2 Å². The Labute approximate surface area is 174 Å². The maximum Gasteiger partial charge on any atom is 0.338 e. The van der Waals surface area contributed by atoms with Gasteiger partial charge in [-0.3, -0.25) is 4.79 Å². The Balaban J connectivity index is 1.83. The number of urea groups is 1. The van der Waals surface area contributed by atoms with E-state index in [1.54, 1.807) is 31.2 Å². The highest BCUT2D eigenvalue weighted by Gasteiger charge is 2.34. The summed E-state index contributed by atoms with van der Waals surface area (Å²) in [6.07, 6.45) is 6.20. The molecule has 0 spiro atoms. The van der Waals surface area contributed by atoms with E-state index < -0.39 is 18.0 Å². The van der Waals surface area contributed by atoms with Crippen molar-refractivity contribution >= 4 is 29.6 Å². The maximum atomic E-state index is 12.6. The average molecular weight is 419 g/mol. The van der Waals surface area contributed by atoms with E-state index in [4.69, 9.17) is 21.1 Å². The number of allylic oxidation sites excluding steroid dienone is 2. The van der Waals surface area contributed by atoms with Gasteiger partial charge in [-0.2, -0.15) is 0 Å². The highest BCUT2D eigenvalue weighted by atomic mass is 35.5. The summed E-state index contributed by atoms with van der Waals surface area (Å²) in [5.74, 6) is -0.803. The van der Waals surface area contributed by atoms with Crippen molar-refractivity contribution in [3.05, 3.63) is 58.3 Å². The minimum absolute atomic E-state index is 0.171. The molecule has 0 fully saturated rings. The van der Waals surface area contributed by atoms with Crippen molar-refractivity contribution in [1.82, 2.24) is 10.6 Å². The lowest BCUT2D eigenvalue weighted by atomic mass is 9.95. The first-order valence-corrected chi connectivity index (χ1v) is 9.91. The highest BCUT2D eigenvalue weighted by Crippen LogP contribution is 2.29. The molecule has 0 radical (unpaired) electrons. The number of amides is 2. The summed E-state index contributed by atoms with van der Waals surface area (Å²) in [5.41, 5.74) is 1.07. The summed E-state index contributed by atoms with van der Waals surface area (Å²) in [5, 5.41) is 5.83. The molecule has 29 heavy (non-hydrogen) atoms. The molecule has 1 aliphatic heterocycles. The molecule has 2 atom stereocenters. The van der Waals surface area contributed by atoms with E-state index >= 15 is 0 Å². The molecule has 0 saturated carbocycles. The molecule has 2 amide bonds. The van der Waals surface area contributed by atoms with Gasteiger partial charge < -0.3 is 20.1 Å². The summed E-state index contributed by atoms with van der Waals surface area (Å²) in [6.45, 7) is 1.64. The number of hydrogen-bond donors (Lipinski definition) is 2. The molecule has 154 valence electrons. The Kier molecular flexibility index (Phi) is 6.93. The number of esters is 2. The van der Waals surface area contributed by atoms with Crippen molar-refractivity contribution in [1.29, 1.82) is 0 Å². The third-order valence-corrected chi connectivity index (χ3v) is 5.02. The third kappa shape index (κ3) is 5.38. The van der Waals surface area contributed by atoms with Gasteiger partial charge in [-0.1, -0.05) is 35.9 Å². The minimum atomic E-state index is -0.744. The fourth-order valence-corrected chi connectivity index (χ4v) is 3.50. The molecular weight excluding hydrogens is 396 g/mol. The standard InChI is InChI=1S/C21H23ClN2O5/c1-2-28-20(26)18-16(12-29-17(25)11-13-5-3-4-6-13)23-21(27)24-19(18)14-7-9-15(22)10-8-14/h3,5,7-10,13,19H,2,4,6,11-12H2,1H3,(H2,23,24,27)/t13-,19-/m0/s1. The van der Waals surface area contributed by atoms with Gasteiger partial charge in [0.1, 0.15) is 6.61 Å². The van der Waals surface area contributed by atoms with Crippen LogP contribution in [-0.4, -0.2) is 31.2 Å². The van der Waals surface area contributed by atoms with Gasteiger partial charge in [-0.05, 0) is 43.4 Å². The number of ether oxygens (including phenoxy) is 2. The zero-order valence-electron chi connectivity index (χ0n) is 16.1. The van der Waals surface area contributed by atoms with Crippen molar-refractivity contribution in [2.75, 3.05) is 13.2 Å². The second-order valence-corrected chi connectivity index (χ2v) is 7.26. The number of carbonyl (C=O) groups excluding carboxylic acids is 3. The molecule has 0 aromatic heterocycles. The molecule has 1 aliphatic carbocycles. The number of hydrogen-bond acceptors (Lipinski definition) is 5. The summed E-state index contributed by atoms with van der Waals surface area (Å²) in [7, 11) is 0. The van der Waals surface area contributed by atoms with Crippen molar-refractivity contribution in [2.45, 2.75) is 32.2 Å². The topological polar surface area (TPSA) is 93.7 Å². The zero-order valence-corrected chi connectivity index (χ0v) is 16.8. The predicted octanol–water partition coefficient (Wildman–Crippen LogP) is 3.41. The number of carbonyl (C=O) groups is 3. The van der Waals surface area contributed by atoms with Crippen molar-refractivity contribution in [3.8, 4) is 0 Å². The van der Waals surface area contributed by atoms with E-state index in [2.05, 4.69) is 10.6 Å². The number of rotatable bonds is 7. The van der Waals surface area contributed by atoms with Gasteiger partial charge in [-0.25, -0.2) is 9.59 Å². The van der Waals surface area contributed by atoms with Crippen LogP contribution in [0.3, 0.4) is 0 Å². The van der Waals surface area contributed by atoms with Crippen LogP contribution in [0.4, 0.5) is 4.79 Å². The van der Waals surface area contributed by atoms with Gasteiger partial charge in [0.05, 0.1) is 30.3 Å². The van der Waals surface area contributed by atoms with Crippen LogP contribution in [-0.2, 0) is 19.1 Å². The second kappa shape index (κ2) is 9.60. The molecule has 1 heterocycles. The van der Waals surface area contributed by atoms with Crippen LogP contribution in [0.1, 0.15) is 37.8 Å². The van der Waals surface area contributed by atoms with Crippen LogP contribution in [0.2, 0.25) is 5.02 Å². The quantitative estimate of drug-likeness (QED) is 0.522. The van der Waals surface area contributed by atoms with Gasteiger partial charge in [-0.15, -0.1) is 0 Å². The van der Waals surface area contributed by atoms with Crippen LogP contribution in [0.15, 0.2) is 47.7 Å². The first-order chi connectivity index (χ1) is 14.0. The van der Waals surface area contributed by atoms with Crippen molar-refractivity contribution in [3.63, 3.8) is 0 Å². The van der Waals surface area contributed by atoms with Gasteiger partial charge >= 0.3 is 18.0 Å². The molecule has 1 aromatic carbocycles. The average Bonchev–Trinajstić information content (AvgIpc) is 3.19. The van der Waals surface area contributed by atoms with Gasteiger partial charge in [0.25, 0.3) is 0 Å². The molecule has 8 heteroatoms. The number of halogens is 1. The van der Waals surface area contributed by atoms with Crippen LogP contribution in [0.5, 0.6) is 0 Å². The Hall–Kier alpha value is -2.80. The Bertz CT molecular complexity index is 847. The lowest BCUT2D eigenvalue weighted by molar-refractivity contribution is -0.144. The van der Waals surface area contributed by atoms with E-state index in [-0.39, 0.29) is 42.8 Å². The third-order valence-electron chi connectivity index (χ3n) is 4.77. The van der Waals surface area contributed by atoms with E-state index in [1.165, 1.54) is 0 Å².